The van der Waals surface area contributed by atoms with Crippen LogP contribution in [0.25, 0.3) is 0 Å². The van der Waals surface area contributed by atoms with Gasteiger partial charge in [0.1, 0.15) is 0 Å². The Morgan fingerprint density at radius 2 is 2.05 bits per heavy atom. The van der Waals surface area contributed by atoms with E-state index in [1.165, 1.54) is 5.56 Å². The van der Waals surface area contributed by atoms with Gasteiger partial charge >= 0.3 is 0 Å². The number of carbonyl (C=O) groups excluding carboxylic acids is 1. The van der Waals surface area contributed by atoms with Gasteiger partial charge in [0.05, 0.1) is 6.54 Å². The average molecular weight is 346 g/mol. The summed E-state index contributed by atoms with van der Waals surface area (Å²) < 4.78 is 0. The molecule has 1 N–H and O–H groups in total. The van der Waals surface area contributed by atoms with Crippen molar-refractivity contribution in [3.05, 3.63) is 34.3 Å². The van der Waals surface area contributed by atoms with Gasteiger partial charge in [-0.15, -0.1) is 12.4 Å². The Bertz CT molecular complexity index is 490. The molecule has 6 heteroatoms. The zero-order valence-corrected chi connectivity index (χ0v) is 14.8. The number of benzene rings is 1. The van der Waals surface area contributed by atoms with E-state index >= 15 is 0 Å². The van der Waals surface area contributed by atoms with E-state index < -0.39 is 0 Å². The minimum atomic E-state index is 0. The van der Waals surface area contributed by atoms with Gasteiger partial charge in [0, 0.05) is 37.7 Å². The predicted octanol–water partition coefficient (Wildman–Crippen LogP) is 2.19. The molecule has 1 aromatic rings. The fourth-order valence-corrected chi connectivity index (χ4v) is 2.94. The molecule has 0 saturated carbocycles. The average Bonchev–Trinajstić information content (AvgIpc) is 2.50. The second-order valence-electron chi connectivity index (χ2n) is 5.53. The van der Waals surface area contributed by atoms with Crippen LogP contribution in [0.5, 0.6) is 0 Å². The Morgan fingerprint density at radius 1 is 1.36 bits per heavy atom. The van der Waals surface area contributed by atoms with Crippen molar-refractivity contribution in [3.8, 4) is 0 Å². The van der Waals surface area contributed by atoms with Gasteiger partial charge in [-0.05, 0) is 30.7 Å². The van der Waals surface area contributed by atoms with Crippen LogP contribution in [0.15, 0.2) is 18.2 Å². The van der Waals surface area contributed by atoms with Gasteiger partial charge < -0.3 is 10.2 Å². The molecule has 22 heavy (non-hydrogen) atoms. The molecular formula is C16H25Cl2N3O. The van der Waals surface area contributed by atoms with Gasteiger partial charge in [-0.3, -0.25) is 9.69 Å². The van der Waals surface area contributed by atoms with Crippen LogP contribution in [0.4, 0.5) is 0 Å². The first-order chi connectivity index (χ1) is 10.1. The van der Waals surface area contributed by atoms with E-state index in [1.807, 2.05) is 29.0 Å². The summed E-state index contributed by atoms with van der Waals surface area (Å²) in [6.07, 6.45) is 0.954. The number of aryl methyl sites for hydroxylation is 1. The maximum Gasteiger partial charge on any atom is 0.236 e. The first kappa shape index (κ1) is 19.2. The Balaban J connectivity index is 0.00000242. The molecule has 1 aliphatic rings. The summed E-state index contributed by atoms with van der Waals surface area (Å²) in [6.45, 7) is 6.66. The second kappa shape index (κ2) is 9.36. The quantitative estimate of drug-likeness (QED) is 0.888. The Hall–Kier alpha value is -0.810. The van der Waals surface area contributed by atoms with Gasteiger partial charge in [0.15, 0.2) is 0 Å². The molecule has 0 atom stereocenters. The third kappa shape index (κ3) is 5.13. The van der Waals surface area contributed by atoms with Crippen LogP contribution in [0, 0.1) is 0 Å². The number of nitrogens with one attached hydrogen (secondary N) is 1. The minimum Gasteiger partial charge on any atom is -0.339 e. The van der Waals surface area contributed by atoms with Crippen LogP contribution in [-0.2, 0) is 17.8 Å². The number of hydrogen-bond donors (Lipinski definition) is 1. The molecule has 0 radical (unpaired) electrons. The van der Waals surface area contributed by atoms with E-state index in [1.54, 1.807) is 0 Å². The maximum atomic E-state index is 12.3. The summed E-state index contributed by atoms with van der Waals surface area (Å²) in [5.74, 6) is 0.198. The molecule has 4 nitrogen and oxygen atoms in total. The molecule has 1 fully saturated rings. The molecule has 124 valence electrons. The van der Waals surface area contributed by atoms with Crippen molar-refractivity contribution in [2.45, 2.75) is 19.9 Å². The van der Waals surface area contributed by atoms with Crippen molar-refractivity contribution in [2.24, 2.45) is 0 Å². The van der Waals surface area contributed by atoms with E-state index in [0.717, 1.165) is 43.2 Å². The molecule has 1 aliphatic heterocycles. The van der Waals surface area contributed by atoms with Gasteiger partial charge in [-0.25, -0.2) is 0 Å². The molecule has 2 rings (SSSR count). The molecule has 1 saturated heterocycles. The lowest BCUT2D eigenvalue weighted by Gasteiger charge is -2.29. The number of piperazine rings is 1. The summed E-state index contributed by atoms with van der Waals surface area (Å²) >= 11 is 6.31. The van der Waals surface area contributed by atoms with Crippen molar-refractivity contribution in [1.82, 2.24) is 15.1 Å². The predicted molar refractivity (Wildman–Crippen MR) is 93.9 cm³/mol. The number of nitrogens with zero attached hydrogens (tertiary/aromatic N) is 2. The smallest absolute Gasteiger partial charge is 0.236 e. The lowest BCUT2D eigenvalue weighted by Crippen LogP contribution is -2.49. The highest BCUT2D eigenvalue weighted by Crippen LogP contribution is 2.22. The van der Waals surface area contributed by atoms with Crippen LogP contribution in [0.2, 0.25) is 5.02 Å². The summed E-state index contributed by atoms with van der Waals surface area (Å²) in [7, 11) is 1.98. The van der Waals surface area contributed by atoms with E-state index in [4.69, 9.17) is 11.6 Å². The molecule has 0 spiro atoms. The monoisotopic (exact) mass is 345 g/mol. The third-order valence-corrected chi connectivity index (χ3v) is 4.25. The number of halogens is 2. The Kier molecular flexibility index (Phi) is 8.18. The van der Waals surface area contributed by atoms with E-state index in [0.29, 0.717) is 13.1 Å². The second-order valence-corrected chi connectivity index (χ2v) is 5.94. The highest BCUT2D eigenvalue weighted by Gasteiger charge is 2.18. The van der Waals surface area contributed by atoms with Crippen LogP contribution < -0.4 is 5.32 Å². The molecule has 0 bridgehead atoms. The molecule has 0 unspecified atom stereocenters. The first-order valence-corrected chi connectivity index (χ1v) is 7.93. The first-order valence-electron chi connectivity index (χ1n) is 7.55. The fourth-order valence-electron chi connectivity index (χ4n) is 2.68. The van der Waals surface area contributed by atoms with E-state index in [-0.39, 0.29) is 18.3 Å². The fraction of sp³-hybridized carbons (Fsp3) is 0.562. The van der Waals surface area contributed by atoms with Crippen molar-refractivity contribution in [1.29, 1.82) is 0 Å². The van der Waals surface area contributed by atoms with Crippen molar-refractivity contribution < 1.29 is 4.79 Å². The molecule has 1 amide bonds. The van der Waals surface area contributed by atoms with Crippen LogP contribution in [-0.4, -0.2) is 55.5 Å². The number of likely N-dealkylation sites (N-methyl/N-ethyl adjacent to an activating group) is 1. The Labute approximate surface area is 144 Å². The highest BCUT2D eigenvalue weighted by atomic mass is 35.5. The van der Waals surface area contributed by atoms with Gasteiger partial charge in [0.25, 0.3) is 0 Å². The summed E-state index contributed by atoms with van der Waals surface area (Å²) in [6, 6.07) is 6.01. The van der Waals surface area contributed by atoms with Crippen molar-refractivity contribution >= 4 is 29.9 Å². The largest absolute Gasteiger partial charge is 0.339 e. The maximum absolute atomic E-state index is 12.3. The lowest BCUT2D eigenvalue weighted by molar-refractivity contribution is -0.132. The number of hydrogen-bond acceptors (Lipinski definition) is 3. The standard InChI is InChI=1S/C16H24ClN3O.ClH/c1-3-13-5-4-6-15(17)14(13)11-19(2)12-16(21)20-9-7-18-8-10-20;/h4-6,18H,3,7-12H2,1-2H3;1H. The molecule has 1 heterocycles. The number of rotatable bonds is 5. The Morgan fingerprint density at radius 3 is 2.68 bits per heavy atom. The summed E-state index contributed by atoms with van der Waals surface area (Å²) in [5, 5.41) is 4.05. The molecule has 0 aliphatic carbocycles. The topological polar surface area (TPSA) is 35.6 Å². The van der Waals surface area contributed by atoms with Crippen LogP contribution >= 0.6 is 24.0 Å². The summed E-state index contributed by atoms with van der Waals surface area (Å²) in [5.41, 5.74) is 2.39. The summed E-state index contributed by atoms with van der Waals surface area (Å²) in [4.78, 5) is 16.2. The van der Waals surface area contributed by atoms with E-state index in [2.05, 4.69) is 18.3 Å². The van der Waals surface area contributed by atoms with Crippen molar-refractivity contribution in [3.63, 3.8) is 0 Å². The van der Waals surface area contributed by atoms with Gasteiger partial charge in [-0.1, -0.05) is 30.7 Å². The number of amides is 1. The van der Waals surface area contributed by atoms with Gasteiger partial charge in [-0.2, -0.15) is 0 Å². The molecule has 1 aromatic carbocycles. The normalized spacial score (nSPS) is 14.8. The van der Waals surface area contributed by atoms with E-state index in [9.17, 15) is 4.79 Å². The zero-order valence-electron chi connectivity index (χ0n) is 13.3. The SMILES string of the molecule is CCc1cccc(Cl)c1CN(C)CC(=O)N1CCNCC1.Cl. The number of carbonyl (C=O) groups is 1. The lowest BCUT2D eigenvalue weighted by atomic mass is 10.0. The van der Waals surface area contributed by atoms with Crippen LogP contribution in [0.3, 0.4) is 0 Å². The van der Waals surface area contributed by atoms with Crippen LogP contribution in [0.1, 0.15) is 18.1 Å². The molecular weight excluding hydrogens is 321 g/mol. The third-order valence-electron chi connectivity index (χ3n) is 3.90. The zero-order chi connectivity index (χ0) is 15.2. The highest BCUT2D eigenvalue weighted by molar-refractivity contribution is 6.31. The minimum absolute atomic E-state index is 0. The molecule has 0 aromatic heterocycles. The van der Waals surface area contributed by atoms with Crippen molar-refractivity contribution in [2.75, 3.05) is 39.8 Å². The van der Waals surface area contributed by atoms with Gasteiger partial charge in [0.2, 0.25) is 5.91 Å².